The van der Waals surface area contributed by atoms with Crippen molar-refractivity contribution >= 4 is 32.9 Å². The zero-order valence-corrected chi connectivity index (χ0v) is 11.6. The number of nitrogen functional groups attached to an aromatic ring is 1. The summed E-state index contributed by atoms with van der Waals surface area (Å²) in [6.07, 6.45) is 0. The first-order chi connectivity index (χ1) is 9.13. The van der Waals surface area contributed by atoms with Crippen LogP contribution in [0.3, 0.4) is 0 Å². The van der Waals surface area contributed by atoms with Crippen LogP contribution in [0.2, 0.25) is 0 Å². The number of hydrogen-bond donors (Lipinski definition) is 1. The summed E-state index contributed by atoms with van der Waals surface area (Å²) in [6, 6.07) is 12.4. The van der Waals surface area contributed by atoms with Crippen molar-refractivity contribution in [3.8, 4) is 0 Å². The molecular formula is C14H11BrFN3. The van der Waals surface area contributed by atoms with Gasteiger partial charge in [-0.3, -0.25) is 0 Å². The molecule has 5 heteroatoms. The largest absolute Gasteiger partial charge is 0.369 e. The van der Waals surface area contributed by atoms with Crippen molar-refractivity contribution in [1.29, 1.82) is 0 Å². The molecule has 3 rings (SSSR count). The number of hydrogen-bond acceptors (Lipinski definition) is 2. The quantitative estimate of drug-likeness (QED) is 0.784. The van der Waals surface area contributed by atoms with E-state index in [1.165, 1.54) is 12.1 Å². The molecule has 3 aromatic rings. The van der Waals surface area contributed by atoms with Crippen LogP contribution in [0.15, 0.2) is 46.9 Å². The molecule has 19 heavy (non-hydrogen) atoms. The maximum atomic E-state index is 13.3. The minimum absolute atomic E-state index is 0.289. The molecule has 2 aromatic carbocycles. The Bertz CT molecular complexity index is 752. The van der Waals surface area contributed by atoms with Gasteiger partial charge in [-0.2, -0.15) is 0 Å². The number of nitrogens with two attached hydrogens (primary N) is 1. The SMILES string of the molecule is Nc1nc2ccc(F)cc2n1Cc1cccc(Br)c1. The third kappa shape index (κ3) is 2.33. The number of benzene rings is 2. The maximum Gasteiger partial charge on any atom is 0.201 e. The molecule has 0 radical (unpaired) electrons. The molecule has 0 aliphatic rings. The zero-order chi connectivity index (χ0) is 13.4. The zero-order valence-electron chi connectivity index (χ0n) is 9.98. The molecule has 96 valence electrons. The molecule has 0 fully saturated rings. The monoisotopic (exact) mass is 319 g/mol. The van der Waals surface area contributed by atoms with Crippen LogP contribution in [0.5, 0.6) is 0 Å². The van der Waals surface area contributed by atoms with Crippen molar-refractivity contribution in [2.45, 2.75) is 6.54 Å². The van der Waals surface area contributed by atoms with Crippen LogP contribution in [0.25, 0.3) is 11.0 Å². The van der Waals surface area contributed by atoms with Crippen LogP contribution in [-0.2, 0) is 6.54 Å². The molecule has 3 nitrogen and oxygen atoms in total. The molecule has 0 aliphatic heterocycles. The van der Waals surface area contributed by atoms with Crippen molar-refractivity contribution in [3.63, 3.8) is 0 Å². The van der Waals surface area contributed by atoms with Crippen LogP contribution in [-0.4, -0.2) is 9.55 Å². The lowest BCUT2D eigenvalue weighted by Crippen LogP contribution is -2.04. The Kier molecular flexibility index (Phi) is 2.98. The average molecular weight is 320 g/mol. The summed E-state index contributed by atoms with van der Waals surface area (Å²) in [5, 5.41) is 0. The smallest absolute Gasteiger partial charge is 0.201 e. The Balaban J connectivity index is 2.09. The second-order valence-electron chi connectivity index (χ2n) is 4.32. The lowest BCUT2D eigenvalue weighted by atomic mass is 10.2. The molecule has 0 saturated carbocycles. The number of aromatic nitrogens is 2. The molecule has 0 atom stereocenters. The normalized spacial score (nSPS) is 11.1. The van der Waals surface area contributed by atoms with Gasteiger partial charge in [0.15, 0.2) is 0 Å². The highest BCUT2D eigenvalue weighted by Gasteiger charge is 2.09. The van der Waals surface area contributed by atoms with Gasteiger partial charge in [0.05, 0.1) is 17.6 Å². The summed E-state index contributed by atoms with van der Waals surface area (Å²) in [5.74, 6) is 0.100. The first-order valence-corrected chi connectivity index (χ1v) is 6.58. The van der Waals surface area contributed by atoms with E-state index < -0.39 is 0 Å². The van der Waals surface area contributed by atoms with E-state index in [9.17, 15) is 4.39 Å². The molecule has 2 N–H and O–H groups in total. The highest BCUT2D eigenvalue weighted by Crippen LogP contribution is 2.21. The fourth-order valence-electron chi connectivity index (χ4n) is 2.10. The lowest BCUT2D eigenvalue weighted by Gasteiger charge is -2.07. The van der Waals surface area contributed by atoms with Gasteiger partial charge in [0.2, 0.25) is 5.95 Å². The summed E-state index contributed by atoms with van der Waals surface area (Å²) in [6.45, 7) is 0.561. The number of rotatable bonds is 2. The van der Waals surface area contributed by atoms with Gasteiger partial charge in [-0.05, 0) is 35.9 Å². The van der Waals surface area contributed by atoms with E-state index >= 15 is 0 Å². The minimum atomic E-state index is -0.289. The molecule has 0 unspecified atom stereocenters. The molecular weight excluding hydrogens is 309 g/mol. The second kappa shape index (κ2) is 4.66. The maximum absolute atomic E-state index is 13.3. The van der Waals surface area contributed by atoms with E-state index in [0.717, 1.165) is 10.0 Å². The minimum Gasteiger partial charge on any atom is -0.369 e. The van der Waals surface area contributed by atoms with Gasteiger partial charge in [-0.15, -0.1) is 0 Å². The van der Waals surface area contributed by atoms with Crippen LogP contribution < -0.4 is 5.73 Å². The molecule has 0 aliphatic carbocycles. The lowest BCUT2D eigenvalue weighted by molar-refractivity contribution is 0.628. The average Bonchev–Trinajstić information content (AvgIpc) is 2.66. The summed E-state index contributed by atoms with van der Waals surface area (Å²) in [4.78, 5) is 4.24. The molecule has 0 saturated heterocycles. The molecule has 0 amide bonds. The van der Waals surface area contributed by atoms with E-state index in [1.54, 1.807) is 10.6 Å². The van der Waals surface area contributed by atoms with Crippen LogP contribution in [0.1, 0.15) is 5.56 Å². The highest BCUT2D eigenvalue weighted by molar-refractivity contribution is 9.10. The third-order valence-corrected chi connectivity index (χ3v) is 3.46. The van der Waals surface area contributed by atoms with Gasteiger partial charge in [0.25, 0.3) is 0 Å². The van der Waals surface area contributed by atoms with Gasteiger partial charge in [-0.1, -0.05) is 28.1 Å². The first kappa shape index (κ1) is 12.2. The Hall–Kier alpha value is -1.88. The molecule has 1 heterocycles. The topological polar surface area (TPSA) is 43.8 Å². The van der Waals surface area contributed by atoms with E-state index in [2.05, 4.69) is 20.9 Å². The predicted molar refractivity (Wildman–Crippen MR) is 77.3 cm³/mol. The Morgan fingerprint density at radius 1 is 1.21 bits per heavy atom. The van der Waals surface area contributed by atoms with E-state index in [1.807, 2.05) is 24.3 Å². The first-order valence-electron chi connectivity index (χ1n) is 5.79. The van der Waals surface area contributed by atoms with Crippen molar-refractivity contribution in [2.24, 2.45) is 0 Å². The Morgan fingerprint density at radius 2 is 2.05 bits per heavy atom. The molecule has 0 spiro atoms. The number of halogens is 2. The number of fused-ring (bicyclic) bond motifs is 1. The van der Waals surface area contributed by atoms with Crippen LogP contribution in [0, 0.1) is 5.82 Å². The Labute approximate surface area is 118 Å². The van der Waals surface area contributed by atoms with Gasteiger partial charge in [0, 0.05) is 4.47 Å². The van der Waals surface area contributed by atoms with Crippen LogP contribution >= 0.6 is 15.9 Å². The molecule has 0 bridgehead atoms. The Morgan fingerprint density at radius 3 is 2.84 bits per heavy atom. The van der Waals surface area contributed by atoms with E-state index in [0.29, 0.717) is 23.5 Å². The summed E-state index contributed by atoms with van der Waals surface area (Å²) in [7, 11) is 0. The van der Waals surface area contributed by atoms with E-state index in [-0.39, 0.29) is 5.82 Å². The standard InChI is InChI=1S/C14H11BrFN3/c15-10-3-1-2-9(6-10)8-19-13-7-11(16)4-5-12(13)18-14(19)17/h1-7H,8H2,(H2,17,18). The van der Waals surface area contributed by atoms with Gasteiger partial charge < -0.3 is 10.3 Å². The number of nitrogens with zero attached hydrogens (tertiary/aromatic N) is 2. The van der Waals surface area contributed by atoms with Crippen LogP contribution in [0.4, 0.5) is 10.3 Å². The third-order valence-electron chi connectivity index (χ3n) is 2.97. The second-order valence-corrected chi connectivity index (χ2v) is 5.23. The molecule has 1 aromatic heterocycles. The van der Waals surface area contributed by atoms with Crippen molar-refractivity contribution < 1.29 is 4.39 Å². The number of anilines is 1. The van der Waals surface area contributed by atoms with Gasteiger partial charge in [0.1, 0.15) is 5.82 Å². The summed E-state index contributed by atoms with van der Waals surface area (Å²) >= 11 is 3.43. The summed E-state index contributed by atoms with van der Waals surface area (Å²) < 4.78 is 16.1. The van der Waals surface area contributed by atoms with Gasteiger partial charge >= 0.3 is 0 Å². The van der Waals surface area contributed by atoms with Crippen molar-refractivity contribution in [2.75, 3.05) is 5.73 Å². The predicted octanol–water partition coefficient (Wildman–Crippen LogP) is 3.57. The summed E-state index contributed by atoms with van der Waals surface area (Å²) in [5.41, 5.74) is 8.39. The number of imidazole rings is 1. The highest BCUT2D eigenvalue weighted by atomic mass is 79.9. The van der Waals surface area contributed by atoms with Crippen molar-refractivity contribution in [1.82, 2.24) is 9.55 Å². The van der Waals surface area contributed by atoms with Crippen molar-refractivity contribution in [3.05, 3.63) is 58.3 Å². The fraction of sp³-hybridized carbons (Fsp3) is 0.0714. The van der Waals surface area contributed by atoms with Gasteiger partial charge in [-0.25, -0.2) is 9.37 Å². The fourth-order valence-corrected chi connectivity index (χ4v) is 2.55. The van der Waals surface area contributed by atoms with E-state index in [4.69, 9.17) is 5.73 Å².